The zero-order valence-electron chi connectivity index (χ0n) is 8.90. The number of hydrogen-bond donors (Lipinski definition) is 1. The fourth-order valence-corrected chi connectivity index (χ4v) is 1.89. The third-order valence-electron chi connectivity index (χ3n) is 2.64. The molecule has 0 bridgehead atoms. The molecule has 0 aromatic heterocycles. The SMILES string of the molecule is COC(=O)C1CCN(CC(C)O)CC1. The summed E-state index contributed by atoms with van der Waals surface area (Å²) in [5.74, 6) is -0.0352. The third-order valence-corrected chi connectivity index (χ3v) is 2.64. The molecule has 4 heteroatoms. The van der Waals surface area contributed by atoms with Gasteiger partial charge in [-0.2, -0.15) is 0 Å². The average molecular weight is 201 g/mol. The molecule has 82 valence electrons. The molecule has 14 heavy (non-hydrogen) atoms. The number of aliphatic hydroxyl groups is 1. The number of rotatable bonds is 3. The van der Waals surface area contributed by atoms with Crippen molar-refractivity contribution in [1.29, 1.82) is 0 Å². The molecule has 1 unspecified atom stereocenters. The lowest BCUT2D eigenvalue weighted by Gasteiger charge is -2.31. The van der Waals surface area contributed by atoms with Crippen molar-refractivity contribution in [3.8, 4) is 0 Å². The van der Waals surface area contributed by atoms with E-state index in [9.17, 15) is 9.90 Å². The minimum Gasteiger partial charge on any atom is -0.469 e. The Kier molecular flexibility index (Phi) is 4.35. The Hall–Kier alpha value is -0.610. The quantitative estimate of drug-likeness (QED) is 0.665. The number of carbonyl (C=O) groups excluding carboxylic acids is 1. The van der Waals surface area contributed by atoms with Gasteiger partial charge in [0.05, 0.1) is 19.1 Å². The maximum atomic E-state index is 11.2. The minimum atomic E-state index is -0.287. The molecule has 0 aromatic carbocycles. The van der Waals surface area contributed by atoms with Crippen LogP contribution in [0.1, 0.15) is 19.8 Å². The number of hydrogen-bond acceptors (Lipinski definition) is 4. The average Bonchev–Trinajstić information content (AvgIpc) is 2.17. The molecule has 0 radical (unpaired) electrons. The molecule has 0 saturated carbocycles. The highest BCUT2D eigenvalue weighted by molar-refractivity contribution is 5.72. The summed E-state index contributed by atoms with van der Waals surface area (Å²) in [5.41, 5.74) is 0. The second kappa shape index (κ2) is 5.32. The van der Waals surface area contributed by atoms with Gasteiger partial charge in [0, 0.05) is 6.54 Å². The smallest absolute Gasteiger partial charge is 0.308 e. The van der Waals surface area contributed by atoms with E-state index < -0.39 is 0 Å². The fourth-order valence-electron chi connectivity index (χ4n) is 1.89. The number of likely N-dealkylation sites (tertiary alicyclic amines) is 1. The fraction of sp³-hybridized carbons (Fsp3) is 0.900. The van der Waals surface area contributed by atoms with Crippen molar-refractivity contribution in [3.63, 3.8) is 0 Å². The first kappa shape index (κ1) is 11.5. The summed E-state index contributed by atoms with van der Waals surface area (Å²) in [6, 6.07) is 0. The van der Waals surface area contributed by atoms with Crippen molar-refractivity contribution in [2.75, 3.05) is 26.7 Å². The van der Waals surface area contributed by atoms with Crippen LogP contribution in [0, 0.1) is 5.92 Å². The lowest BCUT2D eigenvalue weighted by molar-refractivity contribution is -0.147. The number of esters is 1. The zero-order valence-corrected chi connectivity index (χ0v) is 8.90. The number of ether oxygens (including phenoxy) is 1. The predicted octanol–water partition coefficient (Wildman–Crippen LogP) is 0.252. The molecule has 1 saturated heterocycles. The predicted molar refractivity (Wildman–Crippen MR) is 52.9 cm³/mol. The second-order valence-electron chi connectivity index (χ2n) is 3.95. The summed E-state index contributed by atoms with van der Waals surface area (Å²) < 4.78 is 4.70. The highest BCUT2D eigenvalue weighted by Gasteiger charge is 2.25. The summed E-state index contributed by atoms with van der Waals surface area (Å²) in [6.07, 6.45) is 1.41. The topological polar surface area (TPSA) is 49.8 Å². The van der Waals surface area contributed by atoms with E-state index >= 15 is 0 Å². The van der Waals surface area contributed by atoms with E-state index in [4.69, 9.17) is 4.74 Å². The van der Waals surface area contributed by atoms with E-state index in [1.165, 1.54) is 7.11 Å². The van der Waals surface area contributed by atoms with Gasteiger partial charge >= 0.3 is 5.97 Å². The lowest BCUT2D eigenvalue weighted by atomic mass is 9.97. The van der Waals surface area contributed by atoms with Crippen molar-refractivity contribution < 1.29 is 14.6 Å². The number of nitrogens with zero attached hydrogens (tertiary/aromatic N) is 1. The van der Waals surface area contributed by atoms with Crippen molar-refractivity contribution in [2.45, 2.75) is 25.9 Å². The van der Waals surface area contributed by atoms with Crippen LogP contribution in [0.15, 0.2) is 0 Å². The van der Waals surface area contributed by atoms with Crippen LogP contribution in [0.3, 0.4) is 0 Å². The first-order chi connectivity index (χ1) is 6.63. The van der Waals surface area contributed by atoms with Crippen molar-refractivity contribution in [1.82, 2.24) is 4.90 Å². The van der Waals surface area contributed by atoms with E-state index in [2.05, 4.69) is 4.90 Å². The Bertz CT molecular complexity index is 186. The van der Waals surface area contributed by atoms with Gasteiger partial charge < -0.3 is 14.7 Å². The number of aliphatic hydroxyl groups excluding tert-OH is 1. The van der Waals surface area contributed by atoms with E-state index in [0.717, 1.165) is 25.9 Å². The normalized spacial score (nSPS) is 21.9. The van der Waals surface area contributed by atoms with E-state index in [1.807, 2.05) is 0 Å². The first-order valence-corrected chi connectivity index (χ1v) is 5.11. The van der Waals surface area contributed by atoms with E-state index in [1.54, 1.807) is 6.92 Å². The van der Waals surface area contributed by atoms with Crippen LogP contribution in [0.2, 0.25) is 0 Å². The molecule has 0 aliphatic carbocycles. The molecule has 1 aliphatic rings. The van der Waals surface area contributed by atoms with Crippen LogP contribution in [0.4, 0.5) is 0 Å². The van der Waals surface area contributed by atoms with Gasteiger partial charge in [-0.25, -0.2) is 0 Å². The molecule has 1 fully saturated rings. The number of carbonyl (C=O) groups is 1. The maximum absolute atomic E-state index is 11.2. The van der Waals surface area contributed by atoms with Gasteiger partial charge in [0.25, 0.3) is 0 Å². The van der Waals surface area contributed by atoms with Gasteiger partial charge in [-0.05, 0) is 32.9 Å². The lowest BCUT2D eigenvalue weighted by Crippen LogP contribution is -2.40. The number of piperidine rings is 1. The molecule has 0 aromatic rings. The van der Waals surface area contributed by atoms with Gasteiger partial charge in [0.15, 0.2) is 0 Å². The summed E-state index contributed by atoms with van der Waals surface area (Å²) in [7, 11) is 1.44. The van der Waals surface area contributed by atoms with E-state index in [0.29, 0.717) is 6.54 Å². The van der Waals surface area contributed by atoms with Crippen LogP contribution >= 0.6 is 0 Å². The highest BCUT2D eigenvalue weighted by Crippen LogP contribution is 2.18. The minimum absolute atomic E-state index is 0.0604. The Morgan fingerprint density at radius 1 is 1.57 bits per heavy atom. The Balaban J connectivity index is 2.27. The Labute approximate surface area is 84.8 Å². The monoisotopic (exact) mass is 201 g/mol. The summed E-state index contributed by atoms with van der Waals surface area (Å²) >= 11 is 0. The summed E-state index contributed by atoms with van der Waals surface area (Å²) in [4.78, 5) is 13.4. The molecule has 0 amide bonds. The third kappa shape index (κ3) is 3.27. The molecule has 4 nitrogen and oxygen atoms in total. The van der Waals surface area contributed by atoms with Crippen LogP contribution in [-0.4, -0.2) is 48.8 Å². The van der Waals surface area contributed by atoms with Crippen molar-refractivity contribution >= 4 is 5.97 Å². The van der Waals surface area contributed by atoms with Gasteiger partial charge in [-0.1, -0.05) is 0 Å². The standard InChI is InChI=1S/C10H19NO3/c1-8(12)7-11-5-3-9(4-6-11)10(13)14-2/h8-9,12H,3-7H2,1-2H3. The van der Waals surface area contributed by atoms with Crippen LogP contribution in [0.25, 0.3) is 0 Å². The first-order valence-electron chi connectivity index (χ1n) is 5.11. The summed E-state index contributed by atoms with van der Waals surface area (Å²) in [5, 5.41) is 9.19. The van der Waals surface area contributed by atoms with E-state index in [-0.39, 0.29) is 18.0 Å². The maximum Gasteiger partial charge on any atom is 0.308 e. The van der Waals surface area contributed by atoms with Crippen LogP contribution < -0.4 is 0 Å². The Morgan fingerprint density at radius 3 is 2.57 bits per heavy atom. The second-order valence-corrected chi connectivity index (χ2v) is 3.95. The molecular weight excluding hydrogens is 182 g/mol. The van der Waals surface area contributed by atoms with Gasteiger partial charge in [-0.15, -0.1) is 0 Å². The summed E-state index contributed by atoms with van der Waals surface area (Å²) in [6.45, 7) is 4.25. The van der Waals surface area contributed by atoms with Gasteiger partial charge in [0.1, 0.15) is 0 Å². The molecule has 0 spiro atoms. The molecule has 1 rings (SSSR count). The van der Waals surface area contributed by atoms with Gasteiger partial charge in [-0.3, -0.25) is 4.79 Å². The molecule has 1 atom stereocenters. The van der Waals surface area contributed by atoms with Crippen molar-refractivity contribution in [3.05, 3.63) is 0 Å². The van der Waals surface area contributed by atoms with Crippen LogP contribution in [0.5, 0.6) is 0 Å². The zero-order chi connectivity index (χ0) is 10.6. The van der Waals surface area contributed by atoms with Gasteiger partial charge in [0.2, 0.25) is 0 Å². The molecule has 1 heterocycles. The molecule has 1 aliphatic heterocycles. The number of methoxy groups -OCH3 is 1. The molecular formula is C10H19NO3. The highest BCUT2D eigenvalue weighted by atomic mass is 16.5. The molecule has 1 N–H and O–H groups in total. The largest absolute Gasteiger partial charge is 0.469 e. The van der Waals surface area contributed by atoms with Crippen molar-refractivity contribution in [2.24, 2.45) is 5.92 Å². The Morgan fingerprint density at radius 2 is 2.14 bits per heavy atom. The van der Waals surface area contributed by atoms with Crippen LogP contribution in [-0.2, 0) is 9.53 Å². The number of β-amino-alcohol motifs (C(OH)–C–C–N with tert-alkyl or cyclic N) is 1.